The molecule has 22 heavy (non-hydrogen) atoms. The molecule has 0 aromatic heterocycles. The maximum absolute atomic E-state index is 12.9. The van der Waals surface area contributed by atoms with Gasteiger partial charge in [-0.1, -0.05) is 37.3 Å². The summed E-state index contributed by atoms with van der Waals surface area (Å²) in [7, 11) is 0. The Labute approximate surface area is 131 Å². The Kier molecular flexibility index (Phi) is 4.43. The third-order valence-electron chi connectivity index (χ3n) is 4.83. The molecule has 0 bridgehead atoms. The first-order valence-corrected chi connectivity index (χ1v) is 7.69. The van der Waals surface area contributed by atoms with Crippen molar-refractivity contribution in [1.82, 2.24) is 0 Å². The van der Waals surface area contributed by atoms with E-state index in [0.717, 1.165) is 6.08 Å². The Balaban J connectivity index is 2.23. The van der Waals surface area contributed by atoms with Gasteiger partial charge in [-0.25, -0.2) is 4.79 Å². The van der Waals surface area contributed by atoms with Crippen LogP contribution in [0.2, 0.25) is 0 Å². The largest absolute Gasteiger partial charge is 0.478 e. The lowest BCUT2D eigenvalue weighted by molar-refractivity contribution is -0.137. The molecule has 2 aliphatic rings. The Morgan fingerprint density at radius 2 is 2.00 bits per heavy atom. The summed E-state index contributed by atoms with van der Waals surface area (Å²) in [5.74, 6) is -0.717. The van der Waals surface area contributed by atoms with Crippen molar-refractivity contribution < 1.29 is 19.8 Å². The number of carboxylic acids is 1. The molecule has 120 valence electrons. The molecule has 5 atom stereocenters. The zero-order valence-corrected chi connectivity index (χ0v) is 13.3. The summed E-state index contributed by atoms with van der Waals surface area (Å²) in [6.45, 7) is 5.71. The van der Waals surface area contributed by atoms with E-state index in [9.17, 15) is 14.7 Å². The predicted octanol–water partition coefficient (Wildman–Crippen LogP) is 2.74. The van der Waals surface area contributed by atoms with Crippen LogP contribution >= 0.6 is 0 Å². The van der Waals surface area contributed by atoms with Crippen molar-refractivity contribution >= 4 is 11.8 Å². The topological polar surface area (TPSA) is 74.6 Å². The molecule has 0 radical (unpaired) electrons. The minimum absolute atomic E-state index is 0.0803. The quantitative estimate of drug-likeness (QED) is 0.477. The molecule has 1 fully saturated rings. The number of ketones is 1. The molecule has 2 N–H and O–H groups in total. The fourth-order valence-corrected chi connectivity index (χ4v) is 3.90. The van der Waals surface area contributed by atoms with Gasteiger partial charge in [-0.3, -0.25) is 4.79 Å². The predicted molar refractivity (Wildman–Crippen MR) is 84.2 cm³/mol. The summed E-state index contributed by atoms with van der Waals surface area (Å²) < 4.78 is 0. The van der Waals surface area contributed by atoms with Crippen LogP contribution in [0.5, 0.6) is 0 Å². The molecule has 0 amide bonds. The van der Waals surface area contributed by atoms with Crippen molar-refractivity contribution in [3.05, 3.63) is 36.5 Å². The van der Waals surface area contributed by atoms with Crippen LogP contribution in [0.25, 0.3) is 0 Å². The first-order chi connectivity index (χ1) is 10.1. The number of aliphatic carboxylic acids is 1. The van der Waals surface area contributed by atoms with Gasteiger partial charge < -0.3 is 10.2 Å². The maximum Gasteiger partial charge on any atom is 0.328 e. The van der Waals surface area contributed by atoms with E-state index in [1.54, 1.807) is 12.2 Å². The van der Waals surface area contributed by atoms with E-state index in [1.807, 2.05) is 32.9 Å². The van der Waals surface area contributed by atoms with Gasteiger partial charge in [0.2, 0.25) is 0 Å². The number of carbonyl (C=O) groups excluding carboxylic acids is 1. The minimum Gasteiger partial charge on any atom is -0.478 e. The fraction of sp³-hybridized carbons (Fsp3) is 0.556. The first-order valence-electron chi connectivity index (χ1n) is 7.69. The Morgan fingerprint density at radius 3 is 2.64 bits per heavy atom. The van der Waals surface area contributed by atoms with Crippen LogP contribution < -0.4 is 0 Å². The summed E-state index contributed by atoms with van der Waals surface area (Å²) in [6, 6.07) is 0. The molecular weight excluding hydrogens is 280 g/mol. The molecule has 0 spiro atoms. The lowest BCUT2D eigenvalue weighted by Gasteiger charge is -2.46. The number of aliphatic hydroxyl groups is 1. The number of carbonyl (C=O) groups is 2. The summed E-state index contributed by atoms with van der Waals surface area (Å²) in [5.41, 5.74) is -1.42. The van der Waals surface area contributed by atoms with Crippen LogP contribution in [-0.2, 0) is 9.59 Å². The maximum atomic E-state index is 12.9. The van der Waals surface area contributed by atoms with Crippen molar-refractivity contribution in [3.8, 4) is 0 Å². The van der Waals surface area contributed by atoms with Crippen LogP contribution in [0.3, 0.4) is 0 Å². The van der Waals surface area contributed by atoms with E-state index in [-0.39, 0.29) is 23.5 Å². The molecule has 4 heteroatoms. The molecule has 2 rings (SSSR count). The molecule has 0 aromatic carbocycles. The average Bonchev–Trinajstić information content (AvgIpc) is 2.38. The van der Waals surface area contributed by atoms with Gasteiger partial charge in [0, 0.05) is 12.0 Å². The second-order valence-electron chi connectivity index (χ2n) is 7.13. The van der Waals surface area contributed by atoms with Crippen molar-refractivity contribution in [2.75, 3.05) is 0 Å². The van der Waals surface area contributed by atoms with Gasteiger partial charge in [-0.05, 0) is 38.5 Å². The van der Waals surface area contributed by atoms with Crippen LogP contribution in [0.15, 0.2) is 36.5 Å². The molecular formula is C18H24O4. The molecule has 0 aromatic rings. The number of allylic oxidation sites excluding steroid dienone is 5. The third-order valence-corrected chi connectivity index (χ3v) is 4.83. The van der Waals surface area contributed by atoms with Gasteiger partial charge in [0.1, 0.15) is 5.78 Å². The van der Waals surface area contributed by atoms with E-state index >= 15 is 0 Å². The van der Waals surface area contributed by atoms with Crippen LogP contribution in [0.1, 0.15) is 33.6 Å². The van der Waals surface area contributed by atoms with Gasteiger partial charge in [-0.2, -0.15) is 0 Å². The Hall–Kier alpha value is -1.68. The molecule has 0 saturated heterocycles. The molecule has 2 aliphatic carbocycles. The van der Waals surface area contributed by atoms with Gasteiger partial charge >= 0.3 is 5.97 Å². The monoisotopic (exact) mass is 304 g/mol. The van der Waals surface area contributed by atoms with Crippen LogP contribution in [-0.4, -0.2) is 27.6 Å². The zero-order chi connectivity index (χ0) is 16.5. The van der Waals surface area contributed by atoms with E-state index in [1.165, 1.54) is 6.08 Å². The van der Waals surface area contributed by atoms with Gasteiger partial charge in [0.05, 0.1) is 11.0 Å². The summed E-state index contributed by atoms with van der Waals surface area (Å²) in [6.07, 6.45) is 11.0. The fourth-order valence-electron chi connectivity index (χ4n) is 3.90. The number of hydrogen-bond acceptors (Lipinski definition) is 3. The van der Waals surface area contributed by atoms with Crippen molar-refractivity contribution in [2.24, 2.45) is 23.2 Å². The van der Waals surface area contributed by atoms with E-state index in [4.69, 9.17) is 5.11 Å². The van der Waals surface area contributed by atoms with E-state index in [0.29, 0.717) is 12.8 Å². The van der Waals surface area contributed by atoms with Crippen LogP contribution in [0, 0.1) is 23.2 Å². The standard InChI is InChI=1S/C18H24O4/c1-12-10-18(3,22)11-13-7-9-17(2,16(21)15(12)13)8-5-4-6-14(19)20/h4-9,12-13,15,22H,10-11H2,1-3H3,(H,19,20)/b6-4+,8-5+/t12-,13+,15+,17-,18-/m1/s1. The highest BCUT2D eigenvalue weighted by molar-refractivity contribution is 5.92. The SMILES string of the molecule is C[C@@H]1C[C@@](C)(O)C[C@@H]2C=C[C@@](C)(/C=C/C=C/C(=O)O)C(=O)[C@@H]12. The molecule has 4 nitrogen and oxygen atoms in total. The summed E-state index contributed by atoms with van der Waals surface area (Å²) in [5, 5.41) is 18.9. The Morgan fingerprint density at radius 1 is 1.32 bits per heavy atom. The summed E-state index contributed by atoms with van der Waals surface area (Å²) in [4.78, 5) is 23.4. The molecule has 0 heterocycles. The van der Waals surface area contributed by atoms with Crippen molar-refractivity contribution in [3.63, 3.8) is 0 Å². The minimum atomic E-state index is -1.01. The zero-order valence-electron chi connectivity index (χ0n) is 13.3. The number of Topliss-reactive ketones (excluding diaryl/α,β-unsaturated/α-hetero) is 1. The van der Waals surface area contributed by atoms with E-state index < -0.39 is 17.0 Å². The number of rotatable bonds is 3. The smallest absolute Gasteiger partial charge is 0.328 e. The number of hydrogen-bond donors (Lipinski definition) is 2. The second kappa shape index (κ2) is 5.84. The highest BCUT2D eigenvalue weighted by Gasteiger charge is 2.49. The molecule has 0 unspecified atom stereocenters. The normalized spacial score (nSPS) is 42.0. The average molecular weight is 304 g/mol. The highest BCUT2D eigenvalue weighted by Crippen LogP contribution is 2.47. The van der Waals surface area contributed by atoms with Gasteiger partial charge in [0.25, 0.3) is 0 Å². The van der Waals surface area contributed by atoms with Gasteiger partial charge in [-0.15, -0.1) is 0 Å². The molecule has 0 aliphatic heterocycles. The number of fused-ring (bicyclic) bond motifs is 1. The van der Waals surface area contributed by atoms with Crippen LogP contribution in [0.4, 0.5) is 0 Å². The highest BCUT2D eigenvalue weighted by atomic mass is 16.4. The third kappa shape index (κ3) is 3.38. The van der Waals surface area contributed by atoms with Crippen molar-refractivity contribution in [2.45, 2.75) is 39.2 Å². The number of carboxylic acid groups (broad SMARTS) is 1. The lowest BCUT2D eigenvalue weighted by atomic mass is 9.58. The van der Waals surface area contributed by atoms with E-state index in [2.05, 4.69) is 0 Å². The van der Waals surface area contributed by atoms with Crippen molar-refractivity contribution in [1.29, 1.82) is 0 Å². The summed E-state index contributed by atoms with van der Waals surface area (Å²) >= 11 is 0. The van der Waals surface area contributed by atoms with Gasteiger partial charge in [0.15, 0.2) is 0 Å². The lowest BCUT2D eigenvalue weighted by Crippen LogP contribution is -2.49. The molecule has 1 saturated carbocycles. The Bertz CT molecular complexity index is 555. The second-order valence-corrected chi connectivity index (χ2v) is 7.13. The first kappa shape index (κ1) is 16.7.